The normalized spacial score (nSPS) is 17.7. The third kappa shape index (κ3) is 9.22. The minimum Gasteiger partial charge on any atom is -0.497 e. The van der Waals surface area contributed by atoms with E-state index >= 15 is 0 Å². The van der Waals surface area contributed by atoms with Gasteiger partial charge in [-0.05, 0) is 60.7 Å². The van der Waals surface area contributed by atoms with Gasteiger partial charge in [-0.25, -0.2) is 9.78 Å². The van der Waals surface area contributed by atoms with Gasteiger partial charge < -0.3 is 38.1 Å². The predicted molar refractivity (Wildman–Crippen MR) is 243 cm³/mol. The molecule has 12 nitrogen and oxygen atoms in total. The SMILES string of the molecule is COc1ccc(COC2C(O)C(c3cn(COCc4ccccc4)c4c(OC)ncnc34)N(C(=O)OC(C)(C)C)C2COC(c2ccccc2)(c2ccccc2)c2ccccc2)cc1. The molecule has 0 spiro atoms. The van der Waals surface area contributed by atoms with Gasteiger partial charge in [-0.1, -0.05) is 133 Å². The second-order valence-corrected chi connectivity index (χ2v) is 16.7. The maximum Gasteiger partial charge on any atom is 0.411 e. The Morgan fingerprint density at radius 1 is 0.703 bits per heavy atom. The van der Waals surface area contributed by atoms with Crippen molar-refractivity contribution >= 4 is 17.1 Å². The summed E-state index contributed by atoms with van der Waals surface area (Å²) in [6.45, 7) is 5.91. The van der Waals surface area contributed by atoms with Crippen molar-refractivity contribution in [1.82, 2.24) is 19.4 Å². The summed E-state index contributed by atoms with van der Waals surface area (Å²) in [5, 5.41) is 12.9. The molecule has 330 valence electrons. The summed E-state index contributed by atoms with van der Waals surface area (Å²) in [5.74, 6) is 1.01. The van der Waals surface area contributed by atoms with Crippen LogP contribution >= 0.6 is 0 Å². The summed E-state index contributed by atoms with van der Waals surface area (Å²) >= 11 is 0. The Morgan fingerprint density at radius 3 is 1.81 bits per heavy atom. The molecule has 0 bridgehead atoms. The van der Waals surface area contributed by atoms with Crippen LogP contribution in [0.25, 0.3) is 11.0 Å². The minimum absolute atomic E-state index is 0.0874. The number of ether oxygens (including phenoxy) is 6. The molecule has 1 fully saturated rings. The van der Waals surface area contributed by atoms with E-state index in [0.29, 0.717) is 34.8 Å². The van der Waals surface area contributed by atoms with Gasteiger partial charge in [0.05, 0.1) is 46.1 Å². The zero-order valence-electron chi connectivity index (χ0n) is 36.7. The van der Waals surface area contributed by atoms with Crippen LogP contribution < -0.4 is 9.47 Å². The van der Waals surface area contributed by atoms with Crippen LogP contribution in [0, 0.1) is 0 Å². The summed E-state index contributed by atoms with van der Waals surface area (Å²) in [7, 11) is 3.15. The maximum atomic E-state index is 15.0. The highest BCUT2D eigenvalue weighted by molar-refractivity contribution is 5.85. The Hall–Kier alpha value is -6.57. The second kappa shape index (κ2) is 19.4. The Labute approximate surface area is 373 Å². The Morgan fingerprint density at radius 2 is 1.27 bits per heavy atom. The maximum absolute atomic E-state index is 15.0. The van der Waals surface area contributed by atoms with Crippen molar-refractivity contribution in [1.29, 1.82) is 0 Å². The molecule has 4 unspecified atom stereocenters. The fraction of sp³-hybridized carbons (Fsp3) is 0.288. The molecule has 1 amide bonds. The van der Waals surface area contributed by atoms with Crippen molar-refractivity contribution < 1.29 is 38.3 Å². The quantitative estimate of drug-likeness (QED) is 0.0940. The van der Waals surface area contributed by atoms with Gasteiger partial charge in [0.15, 0.2) is 0 Å². The van der Waals surface area contributed by atoms with Crippen LogP contribution in [0.1, 0.15) is 60.2 Å². The number of aromatic nitrogens is 3. The number of hydrogen-bond donors (Lipinski definition) is 1. The molecule has 2 aromatic heterocycles. The van der Waals surface area contributed by atoms with Crippen molar-refractivity contribution in [2.75, 3.05) is 20.8 Å². The average molecular weight is 863 g/mol. The molecule has 64 heavy (non-hydrogen) atoms. The van der Waals surface area contributed by atoms with Gasteiger partial charge in [-0.3, -0.25) is 4.90 Å². The number of carbonyl (C=O) groups excluding carboxylic acids is 1. The number of aliphatic hydroxyl groups is 1. The second-order valence-electron chi connectivity index (χ2n) is 16.7. The standard InChI is InChI=1S/C52H54N4O8/c1-51(2,3)64-50(58)56-43(33-63-52(38-20-12-7-13-21-38,39-22-14-8-15-23-39)40-24-16-9-17-25-40)48(62-32-37-26-28-41(59-4)29-27-37)47(57)45(56)42-30-55(35-61-31-36-18-10-6-11-19-36)46-44(42)53-34-54-49(46)60-5/h6-30,34,43,45,47-48,57H,31-33,35H2,1-5H3. The number of likely N-dealkylation sites (tertiary alicyclic amines) is 1. The van der Waals surface area contributed by atoms with Crippen LogP contribution in [-0.4, -0.2) is 75.3 Å². The van der Waals surface area contributed by atoms with Crippen molar-refractivity contribution in [3.63, 3.8) is 0 Å². The first-order chi connectivity index (χ1) is 31.1. The van der Waals surface area contributed by atoms with E-state index in [1.807, 2.05) is 177 Å². The molecule has 3 heterocycles. The summed E-state index contributed by atoms with van der Waals surface area (Å²) in [5.41, 5.74) is 3.97. The summed E-state index contributed by atoms with van der Waals surface area (Å²) < 4.78 is 39.7. The number of nitrogens with zero attached hydrogens (tertiary/aromatic N) is 4. The number of hydrogen-bond acceptors (Lipinski definition) is 10. The topological polar surface area (TPSA) is 127 Å². The molecule has 0 aliphatic carbocycles. The average Bonchev–Trinajstić information content (AvgIpc) is 3.83. The number of amides is 1. The molecular weight excluding hydrogens is 809 g/mol. The van der Waals surface area contributed by atoms with Crippen LogP contribution in [0.2, 0.25) is 0 Å². The number of aliphatic hydroxyl groups excluding tert-OH is 1. The first-order valence-corrected chi connectivity index (χ1v) is 21.3. The van der Waals surface area contributed by atoms with Gasteiger partial charge in [0.25, 0.3) is 0 Å². The third-order valence-electron chi connectivity index (χ3n) is 11.4. The highest BCUT2D eigenvalue weighted by atomic mass is 16.6. The molecule has 5 aromatic carbocycles. The van der Waals surface area contributed by atoms with Crippen LogP contribution in [0.15, 0.2) is 158 Å². The highest BCUT2D eigenvalue weighted by Crippen LogP contribution is 2.46. The smallest absolute Gasteiger partial charge is 0.411 e. The summed E-state index contributed by atoms with van der Waals surface area (Å²) in [6, 6.07) is 45.5. The van der Waals surface area contributed by atoms with Gasteiger partial charge in [-0.2, -0.15) is 4.98 Å². The fourth-order valence-electron chi connectivity index (χ4n) is 8.54. The van der Waals surface area contributed by atoms with E-state index in [-0.39, 0.29) is 19.9 Å². The van der Waals surface area contributed by atoms with E-state index in [2.05, 4.69) is 4.98 Å². The minimum atomic E-state index is -1.30. The van der Waals surface area contributed by atoms with Crippen molar-refractivity contribution in [3.8, 4) is 11.6 Å². The van der Waals surface area contributed by atoms with Gasteiger partial charge >= 0.3 is 6.09 Å². The largest absolute Gasteiger partial charge is 0.497 e. The molecule has 1 N–H and O–H groups in total. The van der Waals surface area contributed by atoms with Crippen LogP contribution in [0.3, 0.4) is 0 Å². The van der Waals surface area contributed by atoms with Gasteiger partial charge in [0.1, 0.15) is 53.3 Å². The summed E-state index contributed by atoms with van der Waals surface area (Å²) in [4.78, 5) is 25.7. The van der Waals surface area contributed by atoms with Gasteiger partial charge in [0.2, 0.25) is 5.88 Å². The number of carbonyl (C=O) groups is 1. The van der Waals surface area contributed by atoms with Crippen molar-refractivity contribution in [2.45, 2.75) is 76.2 Å². The predicted octanol–water partition coefficient (Wildman–Crippen LogP) is 9.24. The van der Waals surface area contributed by atoms with Gasteiger partial charge in [0, 0.05) is 11.8 Å². The Bertz CT molecular complexity index is 2490. The van der Waals surface area contributed by atoms with E-state index < -0.39 is 41.6 Å². The third-order valence-corrected chi connectivity index (χ3v) is 11.4. The van der Waals surface area contributed by atoms with E-state index in [0.717, 1.165) is 27.8 Å². The lowest BCUT2D eigenvalue weighted by molar-refractivity contribution is -0.0763. The molecule has 1 aliphatic rings. The zero-order valence-corrected chi connectivity index (χ0v) is 36.7. The number of methoxy groups -OCH3 is 2. The molecule has 1 aliphatic heterocycles. The van der Waals surface area contributed by atoms with E-state index in [4.69, 9.17) is 33.4 Å². The van der Waals surface area contributed by atoms with Crippen molar-refractivity contribution in [2.24, 2.45) is 0 Å². The van der Waals surface area contributed by atoms with Crippen molar-refractivity contribution in [3.05, 3.63) is 191 Å². The first kappa shape index (κ1) is 44.1. The first-order valence-electron chi connectivity index (χ1n) is 21.3. The summed E-state index contributed by atoms with van der Waals surface area (Å²) in [6.07, 6.45) is 0.294. The molecule has 7 aromatic rings. The lowest BCUT2D eigenvalue weighted by Crippen LogP contribution is -2.48. The van der Waals surface area contributed by atoms with Crippen LogP contribution in [0.5, 0.6) is 11.6 Å². The molecule has 4 atom stereocenters. The number of benzene rings is 5. The number of rotatable bonds is 16. The molecule has 0 radical (unpaired) electrons. The fourth-order valence-corrected chi connectivity index (χ4v) is 8.54. The van der Waals surface area contributed by atoms with Crippen LogP contribution in [0.4, 0.5) is 4.79 Å². The lowest BCUT2D eigenvalue weighted by atomic mass is 9.80. The molecule has 8 rings (SSSR count). The number of fused-ring (bicyclic) bond motifs is 1. The lowest BCUT2D eigenvalue weighted by Gasteiger charge is -2.39. The highest BCUT2D eigenvalue weighted by Gasteiger charge is 2.55. The molecule has 1 saturated heterocycles. The van der Waals surface area contributed by atoms with E-state index in [1.165, 1.54) is 13.4 Å². The van der Waals surface area contributed by atoms with E-state index in [1.54, 1.807) is 12.0 Å². The Kier molecular flexibility index (Phi) is 13.4. The van der Waals surface area contributed by atoms with Gasteiger partial charge in [-0.15, -0.1) is 0 Å². The molecular formula is C52H54N4O8. The van der Waals surface area contributed by atoms with E-state index in [9.17, 15) is 9.90 Å². The molecule has 12 heteroatoms. The molecule has 0 saturated carbocycles. The van der Waals surface area contributed by atoms with Crippen LogP contribution in [-0.2, 0) is 44.5 Å². The monoisotopic (exact) mass is 862 g/mol. The Balaban J connectivity index is 1.27. The zero-order chi connectivity index (χ0) is 44.7.